The molecular weight excluding hydrogens is 222 g/mol. The van der Waals surface area contributed by atoms with Gasteiger partial charge < -0.3 is 20.4 Å². The number of methoxy groups -OCH3 is 1. The maximum Gasteiger partial charge on any atom is 0.260 e. The van der Waals surface area contributed by atoms with Crippen LogP contribution in [0.4, 0.5) is 0 Å². The largest absolute Gasteiger partial charge is 0.378 e. The SMILES string of the molecule is CO[C@@H]1CNCC1NC(=O)c1ccc[nH]c1=O. The smallest absolute Gasteiger partial charge is 0.260 e. The van der Waals surface area contributed by atoms with Gasteiger partial charge in [-0.15, -0.1) is 0 Å². The van der Waals surface area contributed by atoms with E-state index >= 15 is 0 Å². The summed E-state index contributed by atoms with van der Waals surface area (Å²) in [6, 6.07) is 3.02. The van der Waals surface area contributed by atoms with Crippen molar-refractivity contribution < 1.29 is 9.53 Å². The lowest BCUT2D eigenvalue weighted by atomic mass is 10.2. The molecule has 3 N–H and O–H groups in total. The van der Waals surface area contributed by atoms with Crippen molar-refractivity contribution in [3.05, 3.63) is 34.2 Å². The first kappa shape index (κ1) is 11.8. The van der Waals surface area contributed by atoms with Gasteiger partial charge in [0.15, 0.2) is 0 Å². The van der Waals surface area contributed by atoms with Crippen LogP contribution in [0.2, 0.25) is 0 Å². The molecular formula is C11H15N3O3. The first-order chi connectivity index (χ1) is 8.22. The van der Waals surface area contributed by atoms with Gasteiger partial charge in [0, 0.05) is 26.4 Å². The molecule has 1 aromatic heterocycles. The van der Waals surface area contributed by atoms with E-state index in [-0.39, 0.29) is 29.2 Å². The van der Waals surface area contributed by atoms with E-state index < -0.39 is 0 Å². The van der Waals surface area contributed by atoms with Crippen LogP contribution in [0.1, 0.15) is 10.4 Å². The van der Waals surface area contributed by atoms with Crippen LogP contribution < -0.4 is 16.2 Å². The van der Waals surface area contributed by atoms with Gasteiger partial charge in [-0.3, -0.25) is 9.59 Å². The number of hydrogen-bond acceptors (Lipinski definition) is 4. The monoisotopic (exact) mass is 237 g/mol. The number of ether oxygens (including phenoxy) is 1. The summed E-state index contributed by atoms with van der Waals surface area (Å²) >= 11 is 0. The average Bonchev–Trinajstić information content (AvgIpc) is 2.76. The summed E-state index contributed by atoms with van der Waals surface area (Å²) in [7, 11) is 1.60. The number of H-pyrrole nitrogens is 1. The highest BCUT2D eigenvalue weighted by Gasteiger charge is 2.28. The van der Waals surface area contributed by atoms with Crippen LogP contribution in [0.25, 0.3) is 0 Å². The van der Waals surface area contributed by atoms with Crippen molar-refractivity contribution in [3.63, 3.8) is 0 Å². The molecule has 2 rings (SSSR count). The second-order valence-corrected chi connectivity index (χ2v) is 3.93. The number of amides is 1. The zero-order valence-electron chi connectivity index (χ0n) is 9.53. The van der Waals surface area contributed by atoms with Crippen LogP contribution in [-0.2, 0) is 4.74 Å². The molecule has 6 nitrogen and oxygen atoms in total. The normalized spacial score (nSPS) is 23.6. The molecule has 1 aliphatic heterocycles. The molecule has 0 aromatic carbocycles. The Kier molecular flexibility index (Phi) is 3.55. The molecule has 0 saturated carbocycles. The van der Waals surface area contributed by atoms with Crippen LogP contribution in [0.15, 0.2) is 23.1 Å². The molecule has 2 heterocycles. The maximum absolute atomic E-state index is 11.9. The standard InChI is InChI=1S/C11H15N3O3/c1-17-9-6-12-5-8(9)14-11(16)7-3-2-4-13-10(7)15/h2-4,8-9,12H,5-6H2,1H3,(H,13,15)(H,14,16)/t8?,9-/m1/s1. The molecule has 6 heteroatoms. The first-order valence-corrected chi connectivity index (χ1v) is 5.44. The summed E-state index contributed by atoms with van der Waals surface area (Å²) in [5.41, 5.74) is -0.265. The molecule has 1 aliphatic rings. The van der Waals surface area contributed by atoms with Gasteiger partial charge in [-0.2, -0.15) is 0 Å². The van der Waals surface area contributed by atoms with Gasteiger partial charge in [0.25, 0.3) is 11.5 Å². The number of aromatic amines is 1. The van der Waals surface area contributed by atoms with Crippen LogP contribution in [0.3, 0.4) is 0 Å². The number of carbonyl (C=O) groups excluding carboxylic acids is 1. The van der Waals surface area contributed by atoms with Gasteiger partial charge in [0.1, 0.15) is 5.56 Å². The second-order valence-electron chi connectivity index (χ2n) is 3.93. The van der Waals surface area contributed by atoms with E-state index in [0.29, 0.717) is 13.1 Å². The van der Waals surface area contributed by atoms with Gasteiger partial charge >= 0.3 is 0 Å². The van der Waals surface area contributed by atoms with Crippen LogP contribution in [0.5, 0.6) is 0 Å². The molecule has 2 atom stereocenters. The lowest BCUT2D eigenvalue weighted by Crippen LogP contribution is -2.44. The minimum Gasteiger partial charge on any atom is -0.378 e. The Morgan fingerprint density at radius 1 is 1.53 bits per heavy atom. The number of carbonyl (C=O) groups is 1. The highest BCUT2D eigenvalue weighted by molar-refractivity contribution is 5.94. The zero-order chi connectivity index (χ0) is 12.3. The van der Waals surface area contributed by atoms with Crippen LogP contribution in [0, 0.1) is 0 Å². The number of pyridine rings is 1. The van der Waals surface area contributed by atoms with Crippen molar-refractivity contribution >= 4 is 5.91 Å². The summed E-state index contributed by atoms with van der Waals surface area (Å²) in [6.45, 7) is 1.35. The van der Waals surface area contributed by atoms with E-state index in [1.54, 1.807) is 13.2 Å². The van der Waals surface area contributed by atoms with E-state index in [2.05, 4.69) is 15.6 Å². The third-order valence-corrected chi connectivity index (χ3v) is 2.84. The predicted octanol–water partition coefficient (Wildman–Crippen LogP) is -0.908. The van der Waals surface area contributed by atoms with Gasteiger partial charge in [-0.25, -0.2) is 0 Å². The Balaban J connectivity index is 2.07. The highest BCUT2D eigenvalue weighted by atomic mass is 16.5. The average molecular weight is 237 g/mol. The molecule has 0 aliphatic carbocycles. The first-order valence-electron chi connectivity index (χ1n) is 5.44. The number of hydrogen-bond donors (Lipinski definition) is 3. The Morgan fingerprint density at radius 3 is 3.06 bits per heavy atom. The summed E-state index contributed by atoms with van der Waals surface area (Å²) in [5.74, 6) is -0.373. The van der Waals surface area contributed by atoms with E-state index in [1.165, 1.54) is 12.3 Å². The summed E-state index contributed by atoms with van der Waals surface area (Å²) in [6.07, 6.45) is 1.44. The Morgan fingerprint density at radius 2 is 2.35 bits per heavy atom. The molecule has 1 fully saturated rings. The maximum atomic E-state index is 11.9. The Hall–Kier alpha value is -1.66. The fourth-order valence-corrected chi connectivity index (χ4v) is 1.89. The van der Waals surface area contributed by atoms with Crippen LogP contribution in [-0.4, -0.2) is 43.2 Å². The predicted molar refractivity (Wildman–Crippen MR) is 62.0 cm³/mol. The van der Waals surface area contributed by atoms with E-state index in [1.807, 2.05) is 0 Å². The lowest BCUT2D eigenvalue weighted by molar-refractivity contribution is 0.0779. The van der Waals surface area contributed by atoms with Gasteiger partial charge in [0.2, 0.25) is 0 Å². The summed E-state index contributed by atoms with van der Waals surface area (Å²) in [4.78, 5) is 25.8. The van der Waals surface area contributed by atoms with Gasteiger partial charge in [-0.05, 0) is 12.1 Å². The highest BCUT2D eigenvalue weighted by Crippen LogP contribution is 2.04. The minimum atomic E-state index is -0.384. The molecule has 0 bridgehead atoms. The molecule has 1 saturated heterocycles. The minimum absolute atomic E-state index is 0.0539. The molecule has 1 aromatic rings. The van der Waals surface area contributed by atoms with E-state index in [0.717, 1.165) is 0 Å². The Labute approximate surface area is 98.4 Å². The number of rotatable bonds is 3. The fraction of sp³-hybridized carbons (Fsp3) is 0.455. The third-order valence-electron chi connectivity index (χ3n) is 2.84. The van der Waals surface area contributed by atoms with Crippen molar-refractivity contribution in [3.8, 4) is 0 Å². The molecule has 1 amide bonds. The zero-order valence-corrected chi connectivity index (χ0v) is 9.53. The number of nitrogens with one attached hydrogen (secondary N) is 3. The molecule has 1 unspecified atom stereocenters. The van der Waals surface area contributed by atoms with Crippen molar-refractivity contribution in [2.45, 2.75) is 12.1 Å². The second kappa shape index (κ2) is 5.11. The van der Waals surface area contributed by atoms with Crippen molar-refractivity contribution in [2.24, 2.45) is 0 Å². The number of aromatic nitrogens is 1. The summed E-state index contributed by atoms with van der Waals surface area (Å²) in [5, 5.41) is 5.91. The molecule has 92 valence electrons. The van der Waals surface area contributed by atoms with Crippen LogP contribution >= 0.6 is 0 Å². The van der Waals surface area contributed by atoms with Gasteiger partial charge in [-0.1, -0.05) is 0 Å². The summed E-state index contributed by atoms with van der Waals surface area (Å²) < 4.78 is 5.23. The van der Waals surface area contributed by atoms with Crippen molar-refractivity contribution in [1.29, 1.82) is 0 Å². The van der Waals surface area contributed by atoms with Crippen molar-refractivity contribution in [1.82, 2.24) is 15.6 Å². The third kappa shape index (κ3) is 2.54. The van der Waals surface area contributed by atoms with E-state index in [4.69, 9.17) is 4.74 Å². The molecule has 17 heavy (non-hydrogen) atoms. The lowest BCUT2D eigenvalue weighted by Gasteiger charge is -2.18. The van der Waals surface area contributed by atoms with Gasteiger partial charge in [0.05, 0.1) is 12.1 Å². The molecule has 0 spiro atoms. The fourth-order valence-electron chi connectivity index (χ4n) is 1.89. The Bertz CT molecular complexity index is 457. The quantitative estimate of drug-likeness (QED) is 0.635. The topological polar surface area (TPSA) is 83.2 Å². The van der Waals surface area contributed by atoms with E-state index in [9.17, 15) is 9.59 Å². The molecule has 0 radical (unpaired) electrons. The van der Waals surface area contributed by atoms with Crippen molar-refractivity contribution in [2.75, 3.05) is 20.2 Å².